The van der Waals surface area contributed by atoms with Crippen LogP contribution in [0, 0.1) is 0 Å². The molecule has 6 nitrogen and oxygen atoms in total. The highest BCUT2D eigenvalue weighted by Crippen LogP contribution is 2.03. The summed E-state index contributed by atoms with van der Waals surface area (Å²) in [7, 11) is -3.12. The van der Waals surface area contributed by atoms with E-state index in [2.05, 4.69) is 4.74 Å². The molecule has 1 unspecified atom stereocenters. The summed E-state index contributed by atoms with van der Waals surface area (Å²) in [4.78, 5) is 10.6. The Hall–Kier alpha value is -0.660. The third-order valence-electron chi connectivity index (χ3n) is 1.31. The lowest BCUT2D eigenvalue weighted by atomic mass is 10.3. The van der Waals surface area contributed by atoms with Crippen LogP contribution < -0.4 is 5.73 Å². The number of hydrogen-bond acceptors (Lipinski definition) is 5. The van der Waals surface area contributed by atoms with E-state index in [1.54, 1.807) is 0 Å². The Kier molecular flexibility index (Phi) is 4.15. The number of carbonyl (C=O) groups is 1. The third-order valence-corrected chi connectivity index (χ3v) is 2.51. The Balaban J connectivity index is 4.30. The van der Waals surface area contributed by atoms with Gasteiger partial charge in [-0.05, 0) is 0 Å². The summed E-state index contributed by atoms with van der Waals surface area (Å²) in [5.74, 6) is -0.719. The van der Waals surface area contributed by atoms with Crippen LogP contribution in [0.2, 0.25) is 0 Å². The molecule has 0 fully saturated rings. The maximum atomic E-state index is 10.6. The van der Waals surface area contributed by atoms with Crippen LogP contribution in [0.15, 0.2) is 0 Å². The van der Waals surface area contributed by atoms with Gasteiger partial charge in [-0.2, -0.15) is 8.42 Å². The molecular weight excluding hydrogens is 186 g/mol. The fourth-order valence-electron chi connectivity index (χ4n) is 0.579. The molecule has 0 aromatic rings. The van der Waals surface area contributed by atoms with E-state index in [1.807, 2.05) is 0 Å². The molecule has 0 aromatic heterocycles. The minimum absolute atomic E-state index is 0.312. The molecule has 0 heterocycles. The molecule has 0 bridgehead atoms. The molecule has 0 rings (SSSR count). The second-order valence-corrected chi connectivity index (χ2v) is 3.85. The van der Waals surface area contributed by atoms with E-state index >= 15 is 0 Å². The fourth-order valence-corrected chi connectivity index (χ4v) is 1.17. The first-order chi connectivity index (χ1) is 5.41. The lowest BCUT2D eigenvalue weighted by Gasteiger charge is -2.08. The molecule has 0 radical (unpaired) electrons. The van der Waals surface area contributed by atoms with Gasteiger partial charge in [0.05, 0.1) is 13.5 Å². The van der Waals surface area contributed by atoms with Crippen LogP contribution in [0.3, 0.4) is 0 Å². The van der Waals surface area contributed by atoms with Crippen LogP contribution in [-0.4, -0.2) is 37.8 Å². The van der Waals surface area contributed by atoms with Crippen molar-refractivity contribution in [1.29, 1.82) is 0 Å². The molecule has 0 aromatic carbocycles. The number of rotatable bonds is 4. The third kappa shape index (κ3) is 3.65. The zero-order valence-electron chi connectivity index (χ0n) is 6.56. The van der Waals surface area contributed by atoms with Gasteiger partial charge in [-0.15, -0.1) is 0 Å². The van der Waals surface area contributed by atoms with Crippen LogP contribution in [0.25, 0.3) is 0 Å². The quantitative estimate of drug-likeness (QED) is 0.431. The minimum Gasteiger partial charge on any atom is -0.469 e. The molecule has 0 saturated heterocycles. The van der Waals surface area contributed by atoms with Crippen molar-refractivity contribution in [3.63, 3.8) is 0 Å². The number of nitrogens with two attached hydrogens (primary N) is 1. The SMILES string of the molecule is COC(=O)CC(CN)S(=O)(=O)O. The Bertz CT molecular complexity index is 247. The fraction of sp³-hybridized carbons (Fsp3) is 0.800. The van der Waals surface area contributed by atoms with Crippen LogP contribution in [0.1, 0.15) is 6.42 Å². The summed E-state index contributed by atoms with van der Waals surface area (Å²) in [6.07, 6.45) is -0.425. The maximum absolute atomic E-state index is 10.6. The van der Waals surface area contributed by atoms with Crippen molar-refractivity contribution in [2.75, 3.05) is 13.7 Å². The van der Waals surface area contributed by atoms with Crippen LogP contribution in [0.4, 0.5) is 0 Å². The Labute approximate surface area is 70.4 Å². The highest BCUT2D eigenvalue weighted by Gasteiger charge is 2.24. The number of ether oxygens (including phenoxy) is 1. The highest BCUT2D eigenvalue weighted by atomic mass is 32.2. The number of methoxy groups -OCH3 is 1. The Morgan fingerprint density at radius 3 is 2.42 bits per heavy atom. The first-order valence-corrected chi connectivity index (χ1v) is 4.65. The molecule has 1 atom stereocenters. The van der Waals surface area contributed by atoms with Crippen LogP contribution in [-0.2, 0) is 19.6 Å². The molecule has 0 amide bonds. The molecule has 7 heteroatoms. The van der Waals surface area contributed by atoms with E-state index < -0.39 is 27.8 Å². The predicted molar refractivity (Wildman–Crippen MR) is 41.0 cm³/mol. The van der Waals surface area contributed by atoms with Crippen molar-refractivity contribution in [3.05, 3.63) is 0 Å². The van der Waals surface area contributed by atoms with Gasteiger partial charge in [0, 0.05) is 6.54 Å². The van der Waals surface area contributed by atoms with Crippen molar-refractivity contribution in [3.8, 4) is 0 Å². The molecule has 0 spiro atoms. The molecule has 3 N–H and O–H groups in total. The van der Waals surface area contributed by atoms with Gasteiger partial charge >= 0.3 is 5.97 Å². The normalized spacial score (nSPS) is 13.9. The van der Waals surface area contributed by atoms with Crippen molar-refractivity contribution in [2.45, 2.75) is 11.7 Å². The van der Waals surface area contributed by atoms with Crippen LogP contribution in [0.5, 0.6) is 0 Å². The second-order valence-electron chi connectivity index (χ2n) is 2.15. The van der Waals surface area contributed by atoms with Gasteiger partial charge in [-0.1, -0.05) is 0 Å². The van der Waals surface area contributed by atoms with Crippen LogP contribution >= 0.6 is 0 Å². The smallest absolute Gasteiger partial charge is 0.306 e. The zero-order chi connectivity index (χ0) is 9.78. The average Bonchev–Trinajstić information content (AvgIpc) is 1.97. The van der Waals surface area contributed by atoms with Gasteiger partial charge in [0.1, 0.15) is 5.25 Å². The van der Waals surface area contributed by atoms with Gasteiger partial charge < -0.3 is 10.5 Å². The number of hydrogen-bond donors (Lipinski definition) is 2. The molecule has 72 valence electrons. The monoisotopic (exact) mass is 197 g/mol. The van der Waals surface area contributed by atoms with Gasteiger partial charge in [0.25, 0.3) is 10.1 Å². The van der Waals surface area contributed by atoms with Gasteiger partial charge in [-0.25, -0.2) is 0 Å². The summed E-state index contributed by atoms with van der Waals surface area (Å²) in [5.41, 5.74) is 5.01. The highest BCUT2D eigenvalue weighted by molar-refractivity contribution is 7.86. The summed E-state index contributed by atoms with van der Waals surface area (Å²) >= 11 is 0. The Morgan fingerprint density at radius 1 is 1.67 bits per heavy atom. The molecular formula is C5H11NO5S. The lowest BCUT2D eigenvalue weighted by Crippen LogP contribution is -2.31. The van der Waals surface area contributed by atoms with Crippen molar-refractivity contribution >= 4 is 16.1 Å². The van der Waals surface area contributed by atoms with Crippen molar-refractivity contribution < 1.29 is 22.5 Å². The standard InChI is InChI=1S/C5H11NO5S/c1-11-5(7)2-4(3-6)12(8,9)10/h4H,2-3,6H2,1H3,(H,8,9,10). The molecule has 0 aliphatic rings. The number of esters is 1. The summed E-state index contributed by atoms with van der Waals surface area (Å²) in [6, 6.07) is 0. The summed E-state index contributed by atoms with van der Waals surface area (Å²) < 4.78 is 33.7. The van der Waals surface area contributed by atoms with Gasteiger partial charge in [0.15, 0.2) is 0 Å². The van der Waals surface area contributed by atoms with Crippen molar-refractivity contribution in [1.82, 2.24) is 0 Å². The predicted octanol–water partition coefficient (Wildman–Crippen LogP) is -1.24. The molecule has 0 saturated carbocycles. The van der Waals surface area contributed by atoms with E-state index in [-0.39, 0.29) is 6.54 Å². The van der Waals surface area contributed by atoms with E-state index in [4.69, 9.17) is 10.3 Å². The van der Waals surface area contributed by atoms with E-state index in [1.165, 1.54) is 0 Å². The van der Waals surface area contributed by atoms with Crippen molar-refractivity contribution in [2.24, 2.45) is 5.73 Å². The number of carbonyl (C=O) groups excluding carboxylic acids is 1. The van der Waals surface area contributed by atoms with Gasteiger partial charge in [-0.3, -0.25) is 9.35 Å². The van der Waals surface area contributed by atoms with E-state index in [0.29, 0.717) is 0 Å². The van der Waals surface area contributed by atoms with E-state index in [0.717, 1.165) is 7.11 Å². The summed E-state index contributed by atoms with van der Waals surface area (Å²) in [6.45, 7) is -0.312. The van der Waals surface area contributed by atoms with Gasteiger partial charge in [0.2, 0.25) is 0 Å². The Morgan fingerprint density at radius 2 is 2.17 bits per heavy atom. The lowest BCUT2D eigenvalue weighted by molar-refractivity contribution is -0.140. The first-order valence-electron chi connectivity index (χ1n) is 3.15. The zero-order valence-corrected chi connectivity index (χ0v) is 7.37. The second kappa shape index (κ2) is 4.39. The minimum atomic E-state index is -4.25. The largest absolute Gasteiger partial charge is 0.469 e. The molecule has 0 aliphatic heterocycles. The first kappa shape index (κ1) is 11.3. The maximum Gasteiger partial charge on any atom is 0.306 e. The average molecular weight is 197 g/mol. The molecule has 0 aliphatic carbocycles. The summed E-state index contributed by atoms with van der Waals surface area (Å²) in [5, 5.41) is -1.27. The molecule has 12 heavy (non-hydrogen) atoms. The van der Waals surface area contributed by atoms with E-state index in [9.17, 15) is 13.2 Å². The topological polar surface area (TPSA) is 107 Å².